The Kier molecular flexibility index (Phi) is 4.55. The molecule has 0 radical (unpaired) electrons. The number of aliphatic hydroxyl groups is 1. The number of nitrogens with two attached hydrogens (primary N) is 1. The maximum atomic E-state index is 13.4. The Bertz CT molecular complexity index is 658. The van der Waals surface area contributed by atoms with Crippen molar-refractivity contribution in [2.75, 3.05) is 0 Å². The van der Waals surface area contributed by atoms with Crippen LogP contribution in [-0.2, 0) is 11.4 Å². The van der Waals surface area contributed by atoms with Gasteiger partial charge in [-0.3, -0.25) is 4.79 Å². The second-order valence-corrected chi connectivity index (χ2v) is 4.62. The van der Waals surface area contributed by atoms with E-state index in [4.69, 9.17) is 15.6 Å². The number of rotatable bonds is 5. The third kappa shape index (κ3) is 3.38. The topological polar surface area (TPSA) is 72.6 Å². The first-order valence-corrected chi connectivity index (χ1v) is 6.47. The lowest BCUT2D eigenvalue weighted by molar-refractivity contribution is -0.123. The van der Waals surface area contributed by atoms with Crippen molar-refractivity contribution in [3.05, 3.63) is 53.8 Å². The summed E-state index contributed by atoms with van der Waals surface area (Å²) >= 11 is 0. The molecule has 4 nitrogen and oxygen atoms in total. The van der Waals surface area contributed by atoms with Gasteiger partial charge >= 0.3 is 0 Å². The molecule has 0 aliphatic rings. The van der Waals surface area contributed by atoms with E-state index in [1.807, 2.05) is 0 Å². The molecule has 5 heteroatoms. The summed E-state index contributed by atoms with van der Waals surface area (Å²) in [4.78, 5) is 11.1. The zero-order chi connectivity index (χ0) is 15.4. The maximum absolute atomic E-state index is 13.4. The highest BCUT2D eigenvalue weighted by atomic mass is 19.1. The zero-order valence-electron chi connectivity index (χ0n) is 11.5. The highest BCUT2D eigenvalue weighted by Crippen LogP contribution is 2.31. The molecule has 1 unspecified atom stereocenters. The number of para-hydroxylation sites is 1. The van der Waals surface area contributed by atoms with Crippen LogP contribution in [0.15, 0.2) is 42.5 Å². The second-order valence-electron chi connectivity index (χ2n) is 4.62. The molecule has 0 spiro atoms. The molecule has 2 aromatic carbocycles. The summed E-state index contributed by atoms with van der Waals surface area (Å²) in [5.74, 6) is -0.565. The standard InChI is InChI=1S/C16H16FNO3/c1-10(16(18)20)21-15-5-3-2-4-13(15)11-6-7-14(17)12(8-11)9-19/h2-8,10,19H,9H2,1H3,(H2,18,20). The van der Waals surface area contributed by atoms with Gasteiger partial charge in [-0.2, -0.15) is 0 Å². The molecule has 0 bridgehead atoms. The molecule has 3 N–H and O–H groups in total. The van der Waals surface area contributed by atoms with Crippen molar-refractivity contribution in [3.8, 4) is 16.9 Å². The lowest BCUT2D eigenvalue weighted by Crippen LogP contribution is -2.30. The first-order valence-electron chi connectivity index (χ1n) is 6.47. The van der Waals surface area contributed by atoms with Gasteiger partial charge in [0, 0.05) is 11.1 Å². The molecular weight excluding hydrogens is 273 g/mol. The minimum absolute atomic E-state index is 0.199. The van der Waals surface area contributed by atoms with Crippen LogP contribution in [0.1, 0.15) is 12.5 Å². The lowest BCUT2D eigenvalue weighted by atomic mass is 10.0. The molecule has 2 aromatic rings. The fourth-order valence-corrected chi connectivity index (χ4v) is 1.92. The zero-order valence-corrected chi connectivity index (χ0v) is 11.5. The summed E-state index contributed by atoms with van der Waals surface area (Å²) in [5.41, 5.74) is 6.77. The number of ether oxygens (including phenoxy) is 1. The fourth-order valence-electron chi connectivity index (χ4n) is 1.92. The van der Waals surface area contributed by atoms with Crippen LogP contribution in [0.4, 0.5) is 4.39 Å². The van der Waals surface area contributed by atoms with Gasteiger partial charge < -0.3 is 15.6 Å². The maximum Gasteiger partial charge on any atom is 0.258 e. The minimum Gasteiger partial charge on any atom is -0.480 e. The van der Waals surface area contributed by atoms with Crippen molar-refractivity contribution in [1.29, 1.82) is 0 Å². The molecule has 0 aliphatic carbocycles. The van der Waals surface area contributed by atoms with E-state index in [9.17, 15) is 9.18 Å². The van der Waals surface area contributed by atoms with Crippen molar-refractivity contribution >= 4 is 5.91 Å². The van der Waals surface area contributed by atoms with Crippen LogP contribution in [0, 0.1) is 5.82 Å². The second kappa shape index (κ2) is 6.37. The van der Waals surface area contributed by atoms with Gasteiger partial charge in [-0.1, -0.05) is 24.3 Å². The largest absolute Gasteiger partial charge is 0.480 e. The third-order valence-corrected chi connectivity index (χ3v) is 3.12. The van der Waals surface area contributed by atoms with Crippen LogP contribution in [-0.4, -0.2) is 17.1 Å². The first-order chi connectivity index (χ1) is 10.0. The number of carbonyl (C=O) groups excluding carboxylic acids is 1. The molecule has 0 saturated heterocycles. The Morgan fingerprint density at radius 2 is 2.05 bits per heavy atom. The lowest BCUT2D eigenvalue weighted by Gasteiger charge is -2.15. The Morgan fingerprint density at radius 3 is 2.71 bits per heavy atom. The number of amides is 1. The number of primary amides is 1. The van der Waals surface area contributed by atoms with E-state index in [0.29, 0.717) is 16.9 Å². The summed E-state index contributed by atoms with van der Waals surface area (Å²) in [5, 5.41) is 9.14. The predicted octanol–water partition coefficient (Wildman–Crippen LogP) is 2.24. The van der Waals surface area contributed by atoms with E-state index in [-0.39, 0.29) is 12.2 Å². The summed E-state index contributed by atoms with van der Waals surface area (Å²) in [6.07, 6.45) is -0.774. The van der Waals surface area contributed by atoms with Gasteiger partial charge in [-0.05, 0) is 30.7 Å². The summed E-state index contributed by atoms with van der Waals surface area (Å²) in [6, 6.07) is 11.5. The van der Waals surface area contributed by atoms with Gasteiger partial charge in [0.15, 0.2) is 6.10 Å². The van der Waals surface area contributed by atoms with Crippen molar-refractivity contribution < 1.29 is 19.0 Å². The van der Waals surface area contributed by atoms with Crippen LogP contribution in [0.2, 0.25) is 0 Å². The predicted molar refractivity (Wildman–Crippen MR) is 77.0 cm³/mol. The SMILES string of the molecule is CC(Oc1ccccc1-c1ccc(F)c(CO)c1)C(N)=O. The van der Waals surface area contributed by atoms with Gasteiger partial charge in [0.1, 0.15) is 11.6 Å². The highest BCUT2D eigenvalue weighted by molar-refractivity contribution is 5.79. The molecule has 21 heavy (non-hydrogen) atoms. The summed E-state index contributed by atoms with van der Waals surface area (Å²) in [6.45, 7) is 1.17. The third-order valence-electron chi connectivity index (χ3n) is 3.12. The molecule has 110 valence electrons. The molecular formula is C16H16FNO3. The molecule has 0 saturated carbocycles. The van der Waals surface area contributed by atoms with Gasteiger partial charge in [-0.15, -0.1) is 0 Å². The Labute approximate surface area is 122 Å². The normalized spacial score (nSPS) is 12.0. The van der Waals surface area contributed by atoms with Gasteiger partial charge in [-0.25, -0.2) is 4.39 Å². The van der Waals surface area contributed by atoms with Crippen molar-refractivity contribution in [2.45, 2.75) is 19.6 Å². The molecule has 0 heterocycles. The Hall–Kier alpha value is -2.40. The van der Waals surface area contributed by atoms with E-state index >= 15 is 0 Å². The van der Waals surface area contributed by atoms with Crippen LogP contribution in [0.25, 0.3) is 11.1 Å². The van der Waals surface area contributed by atoms with Crippen LogP contribution in [0.5, 0.6) is 5.75 Å². The number of carbonyl (C=O) groups is 1. The monoisotopic (exact) mass is 289 g/mol. The first kappa shape index (κ1) is 15.0. The highest BCUT2D eigenvalue weighted by Gasteiger charge is 2.14. The smallest absolute Gasteiger partial charge is 0.258 e. The minimum atomic E-state index is -0.774. The molecule has 0 aliphatic heterocycles. The number of aliphatic hydroxyl groups excluding tert-OH is 1. The summed E-state index contributed by atoms with van der Waals surface area (Å²) in [7, 11) is 0. The van der Waals surface area contributed by atoms with Gasteiger partial charge in [0.05, 0.1) is 6.61 Å². The molecule has 1 atom stereocenters. The number of hydrogen-bond acceptors (Lipinski definition) is 3. The van der Waals surface area contributed by atoms with Crippen LogP contribution < -0.4 is 10.5 Å². The average Bonchev–Trinajstić information content (AvgIpc) is 2.48. The quantitative estimate of drug-likeness (QED) is 0.886. The van der Waals surface area contributed by atoms with Crippen molar-refractivity contribution in [1.82, 2.24) is 0 Å². The number of halogens is 1. The van der Waals surface area contributed by atoms with E-state index in [0.717, 1.165) is 0 Å². The average molecular weight is 289 g/mol. The van der Waals surface area contributed by atoms with Gasteiger partial charge in [0.25, 0.3) is 5.91 Å². The van der Waals surface area contributed by atoms with Crippen molar-refractivity contribution in [3.63, 3.8) is 0 Å². The van der Waals surface area contributed by atoms with Crippen molar-refractivity contribution in [2.24, 2.45) is 5.73 Å². The Balaban J connectivity index is 2.42. The van der Waals surface area contributed by atoms with E-state index in [2.05, 4.69) is 0 Å². The number of hydrogen-bond donors (Lipinski definition) is 2. The number of benzene rings is 2. The molecule has 2 rings (SSSR count). The fraction of sp³-hybridized carbons (Fsp3) is 0.188. The molecule has 0 aromatic heterocycles. The van der Waals surface area contributed by atoms with Crippen LogP contribution in [0.3, 0.4) is 0 Å². The Morgan fingerprint density at radius 1 is 1.33 bits per heavy atom. The molecule has 0 fully saturated rings. The van der Waals surface area contributed by atoms with E-state index in [1.165, 1.54) is 6.07 Å². The van der Waals surface area contributed by atoms with Gasteiger partial charge in [0.2, 0.25) is 0 Å². The summed E-state index contributed by atoms with van der Waals surface area (Å²) < 4.78 is 19.0. The van der Waals surface area contributed by atoms with E-state index < -0.39 is 17.8 Å². The van der Waals surface area contributed by atoms with Crippen LogP contribution >= 0.6 is 0 Å². The van der Waals surface area contributed by atoms with E-state index in [1.54, 1.807) is 43.3 Å². The molecule has 1 amide bonds.